The zero-order valence-electron chi connectivity index (χ0n) is 12.7. The van der Waals surface area contributed by atoms with Crippen molar-refractivity contribution in [2.24, 2.45) is 5.73 Å². The number of aromatic nitrogens is 1. The fourth-order valence-corrected chi connectivity index (χ4v) is 2.30. The van der Waals surface area contributed by atoms with E-state index in [1.807, 2.05) is 0 Å². The minimum absolute atomic E-state index is 0.0855. The van der Waals surface area contributed by atoms with Gasteiger partial charge in [-0.15, -0.1) is 0 Å². The Morgan fingerprint density at radius 2 is 2.04 bits per heavy atom. The molecule has 0 atom stereocenters. The maximum Gasteiger partial charge on any atom is 0.252 e. The van der Waals surface area contributed by atoms with Gasteiger partial charge in [-0.1, -0.05) is 0 Å². The second kappa shape index (κ2) is 6.44. The summed E-state index contributed by atoms with van der Waals surface area (Å²) in [5.74, 6) is -1.67. The van der Waals surface area contributed by atoms with Crippen molar-refractivity contribution in [3.63, 3.8) is 0 Å². The number of carbonyl (C=O) groups is 2. The van der Waals surface area contributed by atoms with Crippen LogP contribution in [0.5, 0.6) is 17.2 Å². The first-order valence-electron chi connectivity index (χ1n) is 7.08. The Morgan fingerprint density at radius 3 is 2.72 bits per heavy atom. The minimum atomic E-state index is -0.815. The number of pyridine rings is 1. The van der Waals surface area contributed by atoms with E-state index < -0.39 is 11.7 Å². The van der Waals surface area contributed by atoms with Gasteiger partial charge in [0.2, 0.25) is 6.41 Å². The van der Waals surface area contributed by atoms with Crippen molar-refractivity contribution in [1.29, 1.82) is 0 Å². The third kappa shape index (κ3) is 3.18. The van der Waals surface area contributed by atoms with Crippen LogP contribution < -0.4 is 15.8 Å². The first kappa shape index (κ1) is 16.2. The standard InChI is InChI=1S/C17H12FN3O4/c18-12-5-9(21-8-22)1-2-16(12)25-15-3-4-20-13-7-14(23)11(17(19)24)6-10(13)15/h1-8,23H,(H2,19,24)(H,21,22). The monoisotopic (exact) mass is 341 g/mol. The summed E-state index contributed by atoms with van der Waals surface area (Å²) in [6, 6.07) is 8.01. The number of primary amides is 1. The Morgan fingerprint density at radius 1 is 1.24 bits per heavy atom. The number of nitrogens with two attached hydrogens (primary N) is 1. The van der Waals surface area contributed by atoms with Gasteiger partial charge in [-0.25, -0.2) is 4.39 Å². The largest absolute Gasteiger partial charge is 0.507 e. The van der Waals surface area contributed by atoms with Gasteiger partial charge in [0.25, 0.3) is 5.91 Å². The second-order valence-corrected chi connectivity index (χ2v) is 5.07. The highest BCUT2D eigenvalue weighted by Gasteiger charge is 2.14. The zero-order chi connectivity index (χ0) is 18.0. The Bertz CT molecular complexity index is 991. The number of amides is 2. The predicted octanol–water partition coefficient (Wildman–Crippen LogP) is 2.54. The van der Waals surface area contributed by atoms with Gasteiger partial charge in [0.15, 0.2) is 11.6 Å². The molecule has 25 heavy (non-hydrogen) atoms. The smallest absolute Gasteiger partial charge is 0.252 e. The Kier molecular flexibility index (Phi) is 4.17. The Hall–Kier alpha value is -3.68. The number of carbonyl (C=O) groups excluding carboxylic acids is 2. The fourth-order valence-electron chi connectivity index (χ4n) is 2.30. The average Bonchev–Trinajstić information content (AvgIpc) is 2.57. The van der Waals surface area contributed by atoms with E-state index in [2.05, 4.69) is 10.3 Å². The lowest BCUT2D eigenvalue weighted by Gasteiger charge is -2.11. The zero-order valence-corrected chi connectivity index (χ0v) is 12.7. The van der Waals surface area contributed by atoms with Gasteiger partial charge >= 0.3 is 0 Å². The summed E-state index contributed by atoms with van der Waals surface area (Å²) >= 11 is 0. The molecule has 7 nitrogen and oxygen atoms in total. The van der Waals surface area contributed by atoms with Crippen molar-refractivity contribution in [1.82, 2.24) is 4.98 Å². The van der Waals surface area contributed by atoms with Crippen molar-refractivity contribution < 1.29 is 23.8 Å². The molecule has 4 N–H and O–H groups in total. The number of halogens is 1. The molecule has 0 fully saturated rings. The molecule has 0 aliphatic carbocycles. The maximum atomic E-state index is 14.1. The molecule has 0 bridgehead atoms. The molecule has 0 unspecified atom stereocenters. The third-order valence-corrected chi connectivity index (χ3v) is 3.46. The highest BCUT2D eigenvalue weighted by molar-refractivity contribution is 6.01. The van der Waals surface area contributed by atoms with Crippen LogP contribution in [0.2, 0.25) is 0 Å². The summed E-state index contributed by atoms with van der Waals surface area (Å²) < 4.78 is 19.7. The predicted molar refractivity (Wildman–Crippen MR) is 88.1 cm³/mol. The van der Waals surface area contributed by atoms with Gasteiger partial charge in [-0.05, 0) is 24.3 Å². The topological polar surface area (TPSA) is 115 Å². The highest BCUT2D eigenvalue weighted by Crippen LogP contribution is 2.34. The number of ether oxygens (including phenoxy) is 1. The molecule has 0 saturated heterocycles. The molecule has 1 heterocycles. The van der Waals surface area contributed by atoms with Crippen molar-refractivity contribution in [2.75, 3.05) is 5.32 Å². The lowest BCUT2D eigenvalue weighted by molar-refractivity contribution is -0.105. The lowest BCUT2D eigenvalue weighted by atomic mass is 10.1. The summed E-state index contributed by atoms with van der Waals surface area (Å²) in [4.78, 5) is 25.9. The maximum absolute atomic E-state index is 14.1. The van der Waals surface area contributed by atoms with E-state index in [0.29, 0.717) is 17.3 Å². The number of hydrogen-bond donors (Lipinski definition) is 3. The van der Waals surface area contributed by atoms with Crippen molar-refractivity contribution in [3.8, 4) is 17.2 Å². The lowest BCUT2D eigenvalue weighted by Crippen LogP contribution is -2.11. The van der Waals surface area contributed by atoms with E-state index in [1.54, 1.807) is 0 Å². The van der Waals surface area contributed by atoms with Crippen molar-refractivity contribution in [3.05, 3.63) is 54.0 Å². The molecule has 0 spiro atoms. The molecule has 3 rings (SSSR count). The van der Waals surface area contributed by atoms with Crippen LogP contribution in [0.15, 0.2) is 42.6 Å². The summed E-state index contributed by atoms with van der Waals surface area (Å²) in [6.45, 7) is 0. The number of rotatable bonds is 5. The van der Waals surface area contributed by atoms with Crippen LogP contribution >= 0.6 is 0 Å². The molecule has 0 aliphatic rings. The normalized spacial score (nSPS) is 10.4. The molecule has 8 heteroatoms. The number of benzene rings is 2. The van der Waals surface area contributed by atoms with Crippen LogP contribution in [0.4, 0.5) is 10.1 Å². The van der Waals surface area contributed by atoms with Crippen LogP contribution in [-0.4, -0.2) is 22.4 Å². The first-order chi connectivity index (χ1) is 12.0. The van der Waals surface area contributed by atoms with Crippen LogP contribution in [-0.2, 0) is 4.79 Å². The van der Waals surface area contributed by atoms with Crippen LogP contribution in [0.1, 0.15) is 10.4 Å². The number of fused-ring (bicyclic) bond motifs is 1. The van der Waals surface area contributed by atoms with Crippen LogP contribution in [0, 0.1) is 5.82 Å². The molecular weight excluding hydrogens is 329 g/mol. The molecule has 2 amide bonds. The molecule has 0 radical (unpaired) electrons. The SMILES string of the molecule is NC(=O)c1cc2c(Oc3ccc(NC=O)cc3F)ccnc2cc1O. The molecule has 1 aromatic heterocycles. The van der Waals surface area contributed by atoms with E-state index in [1.165, 1.54) is 36.5 Å². The third-order valence-electron chi connectivity index (χ3n) is 3.46. The minimum Gasteiger partial charge on any atom is -0.507 e. The van der Waals surface area contributed by atoms with E-state index in [4.69, 9.17) is 10.5 Å². The van der Waals surface area contributed by atoms with E-state index in [0.717, 1.165) is 6.07 Å². The van der Waals surface area contributed by atoms with Gasteiger partial charge in [0.1, 0.15) is 11.5 Å². The number of anilines is 1. The van der Waals surface area contributed by atoms with E-state index >= 15 is 0 Å². The van der Waals surface area contributed by atoms with E-state index in [9.17, 15) is 19.1 Å². The number of phenols is 1. The molecular formula is C17H12FN3O4. The first-order valence-corrected chi connectivity index (χ1v) is 7.08. The summed E-state index contributed by atoms with van der Waals surface area (Å²) in [5.41, 5.74) is 5.75. The highest BCUT2D eigenvalue weighted by atomic mass is 19.1. The molecule has 3 aromatic rings. The second-order valence-electron chi connectivity index (χ2n) is 5.07. The number of hydrogen-bond acceptors (Lipinski definition) is 5. The van der Waals surface area contributed by atoms with Gasteiger partial charge < -0.3 is 20.9 Å². The van der Waals surface area contributed by atoms with Gasteiger partial charge in [-0.2, -0.15) is 0 Å². The van der Waals surface area contributed by atoms with E-state index in [-0.39, 0.29) is 28.5 Å². The van der Waals surface area contributed by atoms with Gasteiger partial charge in [-0.3, -0.25) is 14.6 Å². The molecule has 0 saturated carbocycles. The van der Waals surface area contributed by atoms with Gasteiger partial charge in [0, 0.05) is 29.4 Å². The Labute approximate surface area is 140 Å². The number of nitrogens with one attached hydrogen (secondary N) is 1. The summed E-state index contributed by atoms with van der Waals surface area (Å²) in [5, 5.41) is 12.5. The van der Waals surface area contributed by atoms with Crippen LogP contribution in [0.3, 0.4) is 0 Å². The van der Waals surface area contributed by atoms with Crippen molar-refractivity contribution >= 4 is 28.9 Å². The molecule has 0 aliphatic heterocycles. The van der Waals surface area contributed by atoms with Crippen LogP contribution in [0.25, 0.3) is 10.9 Å². The molecule has 2 aromatic carbocycles. The van der Waals surface area contributed by atoms with Crippen molar-refractivity contribution in [2.45, 2.75) is 0 Å². The number of nitrogens with zero attached hydrogens (tertiary/aromatic N) is 1. The fraction of sp³-hybridized carbons (Fsp3) is 0. The molecule has 126 valence electrons. The Balaban J connectivity index is 2.05. The average molecular weight is 341 g/mol. The summed E-state index contributed by atoms with van der Waals surface area (Å²) in [7, 11) is 0. The summed E-state index contributed by atoms with van der Waals surface area (Å²) in [6.07, 6.45) is 1.85. The number of aromatic hydroxyl groups is 1. The van der Waals surface area contributed by atoms with Gasteiger partial charge in [0.05, 0.1) is 11.1 Å². The quantitative estimate of drug-likeness (QED) is 0.617.